The molecule has 0 bridgehead atoms. The Labute approximate surface area is 207 Å². The molecule has 0 unspecified atom stereocenters. The van der Waals surface area contributed by atoms with Crippen molar-refractivity contribution in [1.82, 2.24) is 15.1 Å². The van der Waals surface area contributed by atoms with Gasteiger partial charge < -0.3 is 10.2 Å². The fourth-order valence-electron chi connectivity index (χ4n) is 5.60. The monoisotopic (exact) mass is 479 g/mol. The van der Waals surface area contributed by atoms with E-state index in [1.54, 1.807) is 11.8 Å². The number of amides is 4. The van der Waals surface area contributed by atoms with E-state index in [9.17, 15) is 19.2 Å². The van der Waals surface area contributed by atoms with E-state index in [0.29, 0.717) is 19.4 Å². The molecule has 2 fully saturated rings. The van der Waals surface area contributed by atoms with Gasteiger partial charge in [-0.05, 0) is 45.1 Å². The molecule has 188 valence electrons. The maximum Gasteiger partial charge on any atom is 0.242 e. The molecule has 2 aliphatic carbocycles. The van der Waals surface area contributed by atoms with Gasteiger partial charge in [0, 0.05) is 25.6 Å². The topological polar surface area (TPSA) is 86.8 Å². The maximum atomic E-state index is 13.4. The predicted molar refractivity (Wildman–Crippen MR) is 133 cm³/mol. The Hall–Kier alpha value is -2.96. The van der Waals surface area contributed by atoms with E-state index in [4.69, 9.17) is 0 Å². The largest absolute Gasteiger partial charge is 0.352 e. The molecular weight excluding hydrogens is 442 g/mol. The normalized spacial score (nSPS) is 23.2. The van der Waals surface area contributed by atoms with Crippen molar-refractivity contribution in [3.05, 3.63) is 47.5 Å². The second kappa shape index (κ2) is 11.2. The predicted octanol–water partition coefficient (Wildman–Crippen LogP) is 3.50. The number of nitrogens with zero attached hydrogens (tertiary/aromatic N) is 2. The zero-order valence-electron chi connectivity index (χ0n) is 20.9. The molecule has 1 saturated heterocycles. The number of carbonyl (C=O) groups is 4. The van der Waals surface area contributed by atoms with Gasteiger partial charge in [-0.1, -0.05) is 61.2 Å². The molecule has 3 atom stereocenters. The SMILES string of the molecule is Cc1cccc(CN(C(=O)CCN2C(=O)[C@H]3CC=CC[C@H]3C2=O)[C@@H](C)C(=O)NC2CCCCC2)c1. The number of imide groups is 1. The quantitative estimate of drug-likeness (QED) is 0.457. The van der Waals surface area contributed by atoms with Gasteiger partial charge in [-0.25, -0.2) is 0 Å². The molecule has 3 aliphatic rings. The van der Waals surface area contributed by atoms with E-state index in [-0.39, 0.29) is 54.5 Å². The molecule has 35 heavy (non-hydrogen) atoms. The molecule has 1 aliphatic heterocycles. The number of aryl methyl sites for hydroxylation is 1. The molecule has 4 rings (SSSR count). The summed E-state index contributed by atoms with van der Waals surface area (Å²) in [6.07, 6.45) is 10.5. The van der Waals surface area contributed by atoms with Crippen molar-refractivity contribution in [2.24, 2.45) is 11.8 Å². The zero-order chi connectivity index (χ0) is 24.9. The van der Waals surface area contributed by atoms with Crippen molar-refractivity contribution in [3.63, 3.8) is 0 Å². The second-order valence-corrected chi connectivity index (χ2v) is 10.3. The third-order valence-electron chi connectivity index (χ3n) is 7.70. The van der Waals surface area contributed by atoms with Crippen molar-refractivity contribution in [2.45, 2.75) is 83.8 Å². The number of hydrogen-bond donors (Lipinski definition) is 1. The first kappa shape index (κ1) is 25.1. The highest BCUT2D eigenvalue weighted by atomic mass is 16.2. The Bertz CT molecular complexity index is 972. The van der Waals surface area contributed by atoms with E-state index in [2.05, 4.69) is 5.32 Å². The molecule has 0 radical (unpaired) electrons. The van der Waals surface area contributed by atoms with Crippen molar-refractivity contribution < 1.29 is 19.2 Å². The molecule has 1 aromatic carbocycles. The van der Waals surface area contributed by atoms with Gasteiger partial charge in [-0.2, -0.15) is 0 Å². The maximum absolute atomic E-state index is 13.4. The van der Waals surface area contributed by atoms with Crippen molar-refractivity contribution in [2.75, 3.05) is 6.54 Å². The molecular formula is C28H37N3O4. The summed E-state index contributed by atoms with van der Waals surface area (Å²) in [4.78, 5) is 55.0. The van der Waals surface area contributed by atoms with E-state index in [0.717, 1.165) is 36.8 Å². The van der Waals surface area contributed by atoms with Crippen LogP contribution in [0.5, 0.6) is 0 Å². The Morgan fingerprint density at radius 2 is 1.71 bits per heavy atom. The fourth-order valence-corrected chi connectivity index (χ4v) is 5.60. The third-order valence-corrected chi connectivity index (χ3v) is 7.70. The number of rotatable bonds is 8. The van der Waals surface area contributed by atoms with Gasteiger partial charge >= 0.3 is 0 Å². The lowest BCUT2D eigenvalue weighted by Gasteiger charge is -2.31. The Kier molecular flexibility index (Phi) is 8.04. The summed E-state index contributed by atoms with van der Waals surface area (Å²) in [6, 6.07) is 7.40. The minimum atomic E-state index is -0.651. The first-order valence-electron chi connectivity index (χ1n) is 13.0. The van der Waals surface area contributed by atoms with Crippen LogP contribution in [-0.2, 0) is 25.7 Å². The van der Waals surface area contributed by atoms with Crippen LogP contribution in [0.1, 0.15) is 69.4 Å². The van der Waals surface area contributed by atoms with Crippen LogP contribution in [0.3, 0.4) is 0 Å². The summed E-state index contributed by atoms with van der Waals surface area (Å²) in [6.45, 7) is 4.12. The van der Waals surface area contributed by atoms with Crippen molar-refractivity contribution >= 4 is 23.6 Å². The van der Waals surface area contributed by atoms with Crippen LogP contribution in [0.2, 0.25) is 0 Å². The molecule has 0 spiro atoms. The molecule has 1 heterocycles. The van der Waals surface area contributed by atoms with Crippen LogP contribution >= 0.6 is 0 Å². The number of hydrogen-bond acceptors (Lipinski definition) is 4. The third kappa shape index (κ3) is 5.82. The molecule has 1 aromatic rings. The summed E-state index contributed by atoms with van der Waals surface area (Å²) in [5, 5.41) is 3.14. The standard InChI is InChI=1S/C28H37N3O4/c1-19-9-8-10-21(17-19)18-31(20(2)26(33)29-22-11-4-3-5-12-22)25(32)15-16-30-27(34)23-13-6-7-14-24(23)28(30)35/h6-10,17,20,22-24H,3-5,11-16,18H2,1-2H3,(H,29,33)/t20-,23-,24+/m0/s1. The number of allylic oxidation sites excluding steroid dienone is 2. The van der Waals surface area contributed by atoms with E-state index < -0.39 is 6.04 Å². The van der Waals surface area contributed by atoms with Crippen molar-refractivity contribution in [3.8, 4) is 0 Å². The molecule has 4 amide bonds. The minimum absolute atomic E-state index is 0.0111. The van der Waals surface area contributed by atoms with Gasteiger partial charge in [0.05, 0.1) is 11.8 Å². The molecule has 7 heteroatoms. The Balaban J connectivity index is 1.44. The number of benzene rings is 1. The van der Waals surface area contributed by atoms with Crippen LogP contribution in [0, 0.1) is 18.8 Å². The van der Waals surface area contributed by atoms with Gasteiger partial charge in [0.1, 0.15) is 6.04 Å². The van der Waals surface area contributed by atoms with Crippen LogP contribution < -0.4 is 5.32 Å². The summed E-state index contributed by atoms with van der Waals surface area (Å²) >= 11 is 0. The molecule has 1 N–H and O–H groups in total. The highest BCUT2D eigenvalue weighted by Gasteiger charge is 2.47. The highest BCUT2D eigenvalue weighted by molar-refractivity contribution is 6.05. The average molecular weight is 480 g/mol. The van der Waals surface area contributed by atoms with Gasteiger partial charge in [-0.3, -0.25) is 24.1 Å². The van der Waals surface area contributed by atoms with Crippen LogP contribution in [0.4, 0.5) is 0 Å². The molecule has 0 aromatic heterocycles. The van der Waals surface area contributed by atoms with Gasteiger partial charge in [-0.15, -0.1) is 0 Å². The number of nitrogens with one attached hydrogen (secondary N) is 1. The minimum Gasteiger partial charge on any atom is -0.352 e. The lowest BCUT2D eigenvalue weighted by atomic mass is 9.85. The van der Waals surface area contributed by atoms with Gasteiger partial charge in [0.25, 0.3) is 0 Å². The number of fused-ring (bicyclic) bond motifs is 1. The van der Waals surface area contributed by atoms with Crippen molar-refractivity contribution in [1.29, 1.82) is 0 Å². The van der Waals surface area contributed by atoms with Gasteiger partial charge in [0.2, 0.25) is 23.6 Å². The van der Waals surface area contributed by atoms with Crippen LogP contribution in [-0.4, -0.2) is 52.1 Å². The first-order chi connectivity index (χ1) is 16.8. The highest BCUT2D eigenvalue weighted by Crippen LogP contribution is 2.35. The molecule has 7 nitrogen and oxygen atoms in total. The summed E-state index contributed by atoms with van der Waals surface area (Å²) < 4.78 is 0. The van der Waals surface area contributed by atoms with E-state index >= 15 is 0 Å². The van der Waals surface area contributed by atoms with E-state index in [1.807, 2.05) is 43.3 Å². The van der Waals surface area contributed by atoms with Crippen LogP contribution in [0.15, 0.2) is 36.4 Å². The second-order valence-electron chi connectivity index (χ2n) is 10.3. The summed E-state index contributed by atoms with van der Waals surface area (Å²) in [5.74, 6) is -1.33. The number of likely N-dealkylation sites (tertiary alicyclic amines) is 1. The first-order valence-corrected chi connectivity index (χ1v) is 13.0. The Morgan fingerprint density at radius 3 is 2.34 bits per heavy atom. The summed E-state index contributed by atoms with van der Waals surface area (Å²) in [7, 11) is 0. The molecule has 1 saturated carbocycles. The average Bonchev–Trinajstić information content (AvgIpc) is 3.10. The number of carbonyl (C=O) groups excluding carboxylic acids is 4. The van der Waals surface area contributed by atoms with Crippen LogP contribution in [0.25, 0.3) is 0 Å². The fraction of sp³-hybridized carbons (Fsp3) is 0.571. The Morgan fingerprint density at radius 1 is 1.06 bits per heavy atom. The van der Waals surface area contributed by atoms with Gasteiger partial charge in [0.15, 0.2) is 0 Å². The summed E-state index contributed by atoms with van der Waals surface area (Å²) in [5.41, 5.74) is 2.03. The smallest absolute Gasteiger partial charge is 0.242 e. The lowest BCUT2D eigenvalue weighted by molar-refractivity contribution is -0.144. The van der Waals surface area contributed by atoms with E-state index in [1.165, 1.54) is 11.3 Å². The zero-order valence-corrected chi connectivity index (χ0v) is 20.9. The lowest BCUT2D eigenvalue weighted by Crippen LogP contribution is -2.51.